The fraction of sp³-hybridized carbons (Fsp3) is 0.345. The van der Waals surface area contributed by atoms with Crippen LogP contribution in [0.5, 0.6) is 17.2 Å². The number of unbranched alkanes of at least 4 members (excludes halogenated alkanes) is 5. The van der Waals surface area contributed by atoms with Crippen LogP contribution in [0.4, 0.5) is 0 Å². The van der Waals surface area contributed by atoms with Crippen molar-refractivity contribution in [2.24, 2.45) is 0 Å². The average Bonchev–Trinajstić information content (AvgIpc) is 3.09. The first-order chi connectivity index (χ1) is 16.1. The average molecular weight is 445 g/mol. The third kappa shape index (κ3) is 5.39. The number of benzene rings is 3. The Labute approximate surface area is 196 Å². The highest BCUT2D eigenvalue weighted by atomic mass is 16.5. The van der Waals surface area contributed by atoms with Crippen LogP contribution < -0.4 is 9.47 Å². The lowest BCUT2D eigenvalue weighted by Crippen LogP contribution is -2.08. The normalized spacial score (nSPS) is 13.9. The minimum absolute atomic E-state index is 0.129. The zero-order valence-corrected chi connectivity index (χ0v) is 19.5. The van der Waals surface area contributed by atoms with Crippen LogP contribution in [0.15, 0.2) is 60.7 Å². The molecule has 1 unspecified atom stereocenters. The highest BCUT2D eigenvalue weighted by Crippen LogP contribution is 2.46. The number of hydrogen-bond acceptors (Lipinski definition) is 4. The molecule has 1 atom stereocenters. The highest BCUT2D eigenvalue weighted by molar-refractivity contribution is 5.91. The molecule has 4 heteroatoms. The zero-order chi connectivity index (χ0) is 23.2. The summed E-state index contributed by atoms with van der Waals surface area (Å²) < 4.78 is 11.4. The van der Waals surface area contributed by atoms with E-state index in [4.69, 9.17) is 9.47 Å². The summed E-state index contributed by atoms with van der Waals surface area (Å²) in [5.74, 6) is 1.29. The second-order valence-electron chi connectivity index (χ2n) is 8.77. The molecular weight excluding hydrogens is 412 g/mol. The maximum atomic E-state index is 12.7. The van der Waals surface area contributed by atoms with Gasteiger partial charge in [-0.15, -0.1) is 0 Å². The topological polar surface area (TPSA) is 55.8 Å². The van der Waals surface area contributed by atoms with E-state index in [-0.39, 0.29) is 11.7 Å². The van der Waals surface area contributed by atoms with E-state index in [0.717, 1.165) is 34.4 Å². The zero-order valence-electron chi connectivity index (χ0n) is 19.5. The van der Waals surface area contributed by atoms with Gasteiger partial charge >= 0.3 is 5.97 Å². The standard InChI is InChI=1S/C29H32O4/c1-3-4-5-6-7-8-17-32-23-12-9-21(10-13-23)29(31)33-24-14-16-26-25-15-11-22(30)18-27(25)20(2)28(26)19-24/h9-16,18-20,30H,3-8,17H2,1-2H3. The van der Waals surface area contributed by atoms with E-state index >= 15 is 0 Å². The molecule has 0 fully saturated rings. The molecule has 1 aliphatic carbocycles. The number of hydrogen-bond donors (Lipinski definition) is 1. The van der Waals surface area contributed by atoms with Crippen LogP contribution in [0, 0.1) is 0 Å². The fourth-order valence-corrected chi connectivity index (χ4v) is 4.45. The van der Waals surface area contributed by atoms with Crippen molar-refractivity contribution in [3.05, 3.63) is 77.4 Å². The second kappa shape index (κ2) is 10.6. The lowest BCUT2D eigenvalue weighted by Gasteiger charge is -2.10. The van der Waals surface area contributed by atoms with Crippen LogP contribution in [-0.4, -0.2) is 17.7 Å². The van der Waals surface area contributed by atoms with Gasteiger partial charge in [-0.3, -0.25) is 0 Å². The van der Waals surface area contributed by atoms with Gasteiger partial charge < -0.3 is 14.6 Å². The van der Waals surface area contributed by atoms with Crippen LogP contribution in [0.1, 0.15) is 79.8 Å². The van der Waals surface area contributed by atoms with Crippen LogP contribution in [0.3, 0.4) is 0 Å². The Morgan fingerprint density at radius 3 is 2.21 bits per heavy atom. The van der Waals surface area contributed by atoms with E-state index < -0.39 is 5.97 Å². The van der Waals surface area contributed by atoms with Gasteiger partial charge in [0.1, 0.15) is 17.2 Å². The number of phenolic OH excluding ortho intramolecular Hbond substituents is 1. The number of rotatable bonds is 10. The molecule has 4 nitrogen and oxygen atoms in total. The molecule has 0 aromatic heterocycles. The predicted molar refractivity (Wildman–Crippen MR) is 131 cm³/mol. The van der Waals surface area contributed by atoms with Crippen LogP contribution >= 0.6 is 0 Å². The molecule has 0 bridgehead atoms. The molecule has 0 spiro atoms. The summed E-state index contributed by atoms with van der Waals surface area (Å²) in [5.41, 5.74) is 4.90. The van der Waals surface area contributed by atoms with Crippen LogP contribution in [0.2, 0.25) is 0 Å². The van der Waals surface area contributed by atoms with Gasteiger partial charge in [0.05, 0.1) is 12.2 Å². The Balaban J connectivity index is 1.32. The largest absolute Gasteiger partial charge is 0.508 e. The first kappa shape index (κ1) is 22.9. The maximum Gasteiger partial charge on any atom is 0.343 e. The lowest BCUT2D eigenvalue weighted by atomic mass is 9.99. The summed E-state index contributed by atoms with van der Waals surface area (Å²) in [7, 11) is 0. The van der Waals surface area contributed by atoms with Gasteiger partial charge in [0.2, 0.25) is 0 Å². The predicted octanol–water partition coefficient (Wildman–Crippen LogP) is 7.48. The minimum atomic E-state index is -0.391. The Bertz CT molecular complexity index is 1100. The fourth-order valence-electron chi connectivity index (χ4n) is 4.45. The summed E-state index contributed by atoms with van der Waals surface area (Å²) in [5, 5.41) is 9.83. The molecule has 4 rings (SSSR count). The summed E-state index contributed by atoms with van der Waals surface area (Å²) in [6.45, 7) is 5.02. The molecule has 0 aliphatic heterocycles. The Morgan fingerprint density at radius 1 is 0.818 bits per heavy atom. The number of esters is 1. The summed E-state index contributed by atoms with van der Waals surface area (Å²) in [6, 6.07) is 18.3. The van der Waals surface area contributed by atoms with Gasteiger partial charge in [-0.25, -0.2) is 4.79 Å². The Kier molecular flexibility index (Phi) is 7.33. The van der Waals surface area contributed by atoms with Gasteiger partial charge in [0.25, 0.3) is 0 Å². The number of fused-ring (bicyclic) bond motifs is 3. The smallest absolute Gasteiger partial charge is 0.343 e. The van der Waals surface area contributed by atoms with Crippen LogP contribution in [-0.2, 0) is 0 Å². The van der Waals surface area contributed by atoms with Crippen molar-refractivity contribution < 1.29 is 19.4 Å². The molecule has 33 heavy (non-hydrogen) atoms. The third-order valence-corrected chi connectivity index (χ3v) is 6.35. The van der Waals surface area contributed by atoms with E-state index in [1.165, 1.54) is 32.1 Å². The highest BCUT2D eigenvalue weighted by Gasteiger charge is 2.26. The van der Waals surface area contributed by atoms with Crippen molar-refractivity contribution in [3.63, 3.8) is 0 Å². The first-order valence-electron chi connectivity index (χ1n) is 12.0. The SMILES string of the molecule is CCCCCCCCOc1ccc(C(=O)Oc2ccc3c(c2)C(C)c2cc(O)ccc2-3)cc1. The molecule has 1 aliphatic rings. The van der Waals surface area contributed by atoms with Gasteiger partial charge in [-0.2, -0.15) is 0 Å². The summed E-state index contributed by atoms with van der Waals surface area (Å²) >= 11 is 0. The van der Waals surface area contributed by atoms with Crippen molar-refractivity contribution in [2.45, 2.75) is 58.3 Å². The monoisotopic (exact) mass is 444 g/mol. The third-order valence-electron chi connectivity index (χ3n) is 6.35. The van der Waals surface area contributed by atoms with Crippen molar-refractivity contribution in [1.29, 1.82) is 0 Å². The maximum absolute atomic E-state index is 12.7. The quantitative estimate of drug-likeness (QED) is 0.200. The molecule has 0 radical (unpaired) electrons. The number of carbonyl (C=O) groups is 1. The Hall–Kier alpha value is -3.27. The molecule has 0 amide bonds. The van der Waals surface area contributed by atoms with Crippen molar-refractivity contribution in [1.82, 2.24) is 0 Å². The van der Waals surface area contributed by atoms with Gasteiger partial charge in [-0.1, -0.05) is 58.1 Å². The first-order valence-corrected chi connectivity index (χ1v) is 12.0. The minimum Gasteiger partial charge on any atom is -0.508 e. The summed E-state index contributed by atoms with van der Waals surface area (Å²) in [4.78, 5) is 12.7. The number of phenols is 1. The molecule has 0 saturated heterocycles. The van der Waals surface area contributed by atoms with Gasteiger partial charge in [0, 0.05) is 5.92 Å². The molecule has 0 heterocycles. The molecular formula is C29H32O4. The van der Waals surface area contributed by atoms with Crippen molar-refractivity contribution in [2.75, 3.05) is 6.61 Å². The van der Waals surface area contributed by atoms with E-state index in [1.807, 2.05) is 42.5 Å². The van der Waals surface area contributed by atoms with Crippen molar-refractivity contribution in [3.8, 4) is 28.4 Å². The summed E-state index contributed by atoms with van der Waals surface area (Å²) in [6.07, 6.45) is 7.37. The van der Waals surface area contributed by atoms with Crippen molar-refractivity contribution >= 4 is 5.97 Å². The van der Waals surface area contributed by atoms with Gasteiger partial charge in [0.15, 0.2) is 0 Å². The molecule has 0 saturated carbocycles. The molecule has 1 N–H and O–H groups in total. The van der Waals surface area contributed by atoms with E-state index in [1.54, 1.807) is 18.2 Å². The number of carbonyl (C=O) groups excluding carboxylic acids is 1. The second-order valence-corrected chi connectivity index (χ2v) is 8.77. The van der Waals surface area contributed by atoms with E-state index in [2.05, 4.69) is 13.8 Å². The number of aromatic hydroxyl groups is 1. The molecule has 3 aromatic rings. The lowest BCUT2D eigenvalue weighted by molar-refractivity contribution is 0.0734. The van der Waals surface area contributed by atoms with E-state index in [9.17, 15) is 9.90 Å². The molecule has 3 aromatic carbocycles. The van der Waals surface area contributed by atoms with Gasteiger partial charge in [-0.05, 0) is 77.2 Å². The van der Waals surface area contributed by atoms with Crippen LogP contribution in [0.25, 0.3) is 11.1 Å². The molecule has 172 valence electrons. The van der Waals surface area contributed by atoms with E-state index in [0.29, 0.717) is 17.9 Å². The Morgan fingerprint density at radius 2 is 1.45 bits per heavy atom. The number of ether oxygens (including phenoxy) is 2.